The Balaban J connectivity index is -0.000000125. The Morgan fingerprint density at radius 1 is 1.38 bits per heavy atom. The molecule has 0 bridgehead atoms. The van der Waals surface area contributed by atoms with E-state index in [1.165, 1.54) is 0 Å². The molecule has 0 aromatic heterocycles. The van der Waals surface area contributed by atoms with Crippen molar-refractivity contribution < 1.29 is 14.4 Å². The third-order valence-corrected chi connectivity index (χ3v) is 0.670. The monoisotopic (exact) mass is 161 g/mol. The third-order valence-electron chi connectivity index (χ3n) is 0.223. The van der Waals surface area contributed by atoms with Crippen molar-refractivity contribution in [1.29, 1.82) is 0 Å². The second-order valence-corrected chi connectivity index (χ2v) is 3.16. The van der Waals surface area contributed by atoms with E-state index >= 15 is 0 Å². The maximum atomic E-state index is 8.17. The summed E-state index contributed by atoms with van der Waals surface area (Å²) in [5.41, 5.74) is 0. The Morgan fingerprint density at radius 3 is 1.50 bits per heavy atom. The van der Waals surface area contributed by atoms with E-state index in [4.69, 9.17) is 9.79 Å². The van der Waals surface area contributed by atoms with Crippen molar-refractivity contribution in [2.24, 2.45) is 5.90 Å². The van der Waals surface area contributed by atoms with Crippen LogP contribution < -0.4 is 5.90 Å². The fourth-order valence-corrected chi connectivity index (χ4v) is 0. The summed E-state index contributed by atoms with van der Waals surface area (Å²) < 4.78 is 3.69. The second kappa shape index (κ2) is 7.38. The number of rotatable bonds is 1. The normalized spacial score (nSPS) is 11.0. The van der Waals surface area contributed by atoms with Crippen LogP contribution in [0.4, 0.5) is 0 Å². The average molecular weight is 161 g/mol. The van der Waals surface area contributed by atoms with Gasteiger partial charge >= 0.3 is 94.0 Å². The zero-order valence-electron chi connectivity index (χ0n) is 3.38. The summed E-state index contributed by atoms with van der Waals surface area (Å²) in [6.07, 6.45) is 0. The van der Waals surface area contributed by atoms with Crippen LogP contribution in [0.2, 0.25) is 0 Å². The molecule has 0 saturated carbocycles. The van der Waals surface area contributed by atoms with Crippen LogP contribution >= 0.6 is 7.94 Å². The number of hydrogen-bond acceptors (Lipinski definition) is 4. The van der Waals surface area contributed by atoms with Crippen molar-refractivity contribution in [2.75, 3.05) is 6.66 Å². The molecule has 0 rings (SSSR count). The van der Waals surface area contributed by atoms with E-state index in [9.17, 15) is 0 Å². The van der Waals surface area contributed by atoms with Gasteiger partial charge in [0.05, 0.1) is 0 Å². The molecule has 0 aliphatic heterocycles. The quantitative estimate of drug-likeness (QED) is 0.229. The summed E-state index contributed by atoms with van der Waals surface area (Å²) in [6.45, 7) is 1.15. The molecule has 8 heavy (non-hydrogen) atoms. The van der Waals surface area contributed by atoms with Gasteiger partial charge in [0.1, 0.15) is 0 Å². The first-order valence-electron chi connectivity index (χ1n) is 1.39. The molecule has 7 heteroatoms. The first-order valence-corrected chi connectivity index (χ1v) is 3.69. The van der Waals surface area contributed by atoms with Crippen molar-refractivity contribution in [3.05, 3.63) is 0 Å². The van der Waals surface area contributed by atoms with Gasteiger partial charge in [0.25, 0.3) is 0 Å². The van der Waals surface area contributed by atoms with Crippen LogP contribution in [0, 0.1) is 0 Å². The fraction of sp³-hybridized carbons (Fsp3) is 1.00. The summed E-state index contributed by atoms with van der Waals surface area (Å²) in [5.74, 6) is 4.37. The van der Waals surface area contributed by atoms with Gasteiger partial charge in [-0.3, -0.25) is 0 Å². The average Bonchev–Trinajstić information content (AvgIpc) is 1.35. The van der Waals surface area contributed by atoms with Crippen molar-refractivity contribution in [1.82, 2.24) is 0 Å². The van der Waals surface area contributed by atoms with Crippen molar-refractivity contribution >= 4 is 67.1 Å². The molecule has 4 N–H and O–H groups in total. The van der Waals surface area contributed by atoms with Crippen molar-refractivity contribution in [3.63, 3.8) is 0 Å². The van der Waals surface area contributed by atoms with Gasteiger partial charge in [0, 0.05) is 0 Å². The SMILES string of the molecule is C[PH](O)(O)ON.[NaH].[NaH]. The topological polar surface area (TPSA) is 75.7 Å². The van der Waals surface area contributed by atoms with E-state index in [-0.39, 0.29) is 59.1 Å². The molecular weight excluding hydrogens is 151 g/mol. The van der Waals surface area contributed by atoms with Gasteiger partial charge in [-0.2, -0.15) is 0 Å². The minimum atomic E-state index is -3.35. The third kappa shape index (κ3) is 15.7. The van der Waals surface area contributed by atoms with E-state index < -0.39 is 7.94 Å². The molecule has 0 aliphatic rings. The summed E-state index contributed by atoms with van der Waals surface area (Å²) >= 11 is 0. The van der Waals surface area contributed by atoms with Crippen LogP contribution in [-0.4, -0.2) is 75.6 Å². The second-order valence-electron chi connectivity index (χ2n) is 1.05. The summed E-state index contributed by atoms with van der Waals surface area (Å²) in [5, 5.41) is 0. The maximum absolute atomic E-state index is 8.17. The van der Waals surface area contributed by atoms with Gasteiger partial charge in [-0.25, -0.2) is 0 Å². The van der Waals surface area contributed by atoms with E-state index in [2.05, 4.69) is 10.5 Å². The molecular formula is CH10NNa2O3P. The molecule has 0 spiro atoms. The van der Waals surface area contributed by atoms with Crippen LogP contribution in [0.25, 0.3) is 0 Å². The Morgan fingerprint density at radius 2 is 1.50 bits per heavy atom. The summed E-state index contributed by atoms with van der Waals surface area (Å²) in [4.78, 5) is 16.3. The van der Waals surface area contributed by atoms with Crippen molar-refractivity contribution in [3.8, 4) is 0 Å². The standard InChI is InChI=1S/CH8NO3P.2Na.2H/c1-6(3,4)5-2;;;;/h3-4,6H,2H2,1H3;;;;. The molecule has 0 radical (unpaired) electrons. The molecule has 0 heterocycles. The molecule has 0 saturated heterocycles. The Labute approximate surface area is 92.9 Å². The van der Waals surface area contributed by atoms with E-state index in [1.54, 1.807) is 0 Å². The molecule has 0 aromatic rings. The van der Waals surface area contributed by atoms with Gasteiger partial charge in [0.15, 0.2) is 0 Å². The molecule has 0 amide bonds. The van der Waals surface area contributed by atoms with Crippen LogP contribution in [0.3, 0.4) is 0 Å². The van der Waals surface area contributed by atoms with Gasteiger partial charge < -0.3 is 0 Å². The Kier molecular flexibility index (Phi) is 15.4. The van der Waals surface area contributed by atoms with E-state index in [1.807, 2.05) is 0 Å². The molecule has 0 fully saturated rings. The molecule has 4 nitrogen and oxygen atoms in total. The van der Waals surface area contributed by atoms with Gasteiger partial charge in [-0.15, -0.1) is 0 Å². The minimum absolute atomic E-state index is 0. The Bertz CT molecular complexity index is 47.0. The number of nitrogens with two attached hydrogens (primary N) is 1. The zero-order valence-corrected chi connectivity index (χ0v) is 4.38. The first kappa shape index (κ1) is 16.7. The van der Waals surface area contributed by atoms with Crippen LogP contribution in [0.5, 0.6) is 0 Å². The molecule has 0 atom stereocenters. The van der Waals surface area contributed by atoms with Crippen molar-refractivity contribution in [2.45, 2.75) is 0 Å². The predicted molar refractivity (Wildman–Crippen MR) is 38.2 cm³/mol. The molecule has 0 aliphatic carbocycles. The van der Waals surface area contributed by atoms with Gasteiger partial charge in [0.2, 0.25) is 0 Å². The molecule has 0 unspecified atom stereocenters. The molecule has 44 valence electrons. The van der Waals surface area contributed by atoms with E-state index in [0.29, 0.717) is 0 Å². The zero-order chi connectivity index (χ0) is 5.21. The fourth-order valence-electron chi connectivity index (χ4n) is 0. The van der Waals surface area contributed by atoms with Crippen LogP contribution in [0.15, 0.2) is 0 Å². The van der Waals surface area contributed by atoms with E-state index in [0.717, 1.165) is 6.66 Å². The van der Waals surface area contributed by atoms with Gasteiger partial charge in [-0.05, 0) is 0 Å². The van der Waals surface area contributed by atoms with Crippen LogP contribution in [-0.2, 0) is 4.62 Å². The number of hydrogen-bond donors (Lipinski definition) is 3. The molecule has 0 aromatic carbocycles. The Hall–Kier alpha value is 2.27. The first-order chi connectivity index (χ1) is 2.56. The summed E-state index contributed by atoms with van der Waals surface area (Å²) in [7, 11) is -3.35. The predicted octanol–water partition coefficient (Wildman–Crippen LogP) is -2.31. The van der Waals surface area contributed by atoms with Gasteiger partial charge in [-0.1, -0.05) is 0 Å². The summed E-state index contributed by atoms with van der Waals surface area (Å²) in [6, 6.07) is 0. The van der Waals surface area contributed by atoms with Crippen LogP contribution in [0.1, 0.15) is 0 Å².